The Morgan fingerprint density at radius 1 is 1.03 bits per heavy atom. The van der Waals surface area contributed by atoms with Gasteiger partial charge in [-0.1, -0.05) is 45.8 Å². The number of carbonyl (C=O) groups excluding carboxylic acids is 2. The fraction of sp³-hybridized carbons (Fsp3) is 0.0833. The maximum atomic E-state index is 12.7. The van der Waals surface area contributed by atoms with E-state index in [1.165, 1.54) is 0 Å². The lowest BCUT2D eigenvalue weighted by Crippen LogP contribution is -2.09. The monoisotopic (exact) mass is 448 g/mol. The van der Waals surface area contributed by atoms with Gasteiger partial charge in [-0.25, -0.2) is 4.79 Å². The molecule has 1 heterocycles. The highest BCUT2D eigenvalue weighted by Crippen LogP contribution is 2.39. The largest absolute Gasteiger partial charge is 0.452 e. The summed E-state index contributed by atoms with van der Waals surface area (Å²) in [7, 11) is 0. The number of aryl methyl sites for hydroxylation is 1. The van der Waals surface area contributed by atoms with Crippen LogP contribution in [0.25, 0.3) is 6.08 Å². The second kappa shape index (κ2) is 7.68. The van der Waals surface area contributed by atoms with Gasteiger partial charge in [0, 0.05) is 10.0 Å². The smallest absolute Gasteiger partial charge is 0.343 e. The highest BCUT2D eigenvalue weighted by Gasteiger charge is 2.30. The number of carbonyl (C=O) groups is 2. The van der Waals surface area contributed by atoms with E-state index in [0.717, 1.165) is 15.6 Å². The van der Waals surface area contributed by atoms with Crippen LogP contribution in [0.4, 0.5) is 0 Å². The molecule has 0 saturated heterocycles. The number of hydrogen-bond donors (Lipinski definition) is 0. The number of hydrogen-bond acceptors (Lipinski definition) is 4. The van der Waals surface area contributed by atoms with Gasteiger partial charge < -0.3 is 9.47 Å². The van der Waals surface area contributed by atoms with Crippen LogP contribution in [-0.2, 0) is 0 Å². The minimum absolute atomic E-state index is 0.195. The summed E-state index contributed by atoms with van der Waals surface area (Å²) >= 11 is 3.42. The molecule has 3 aromatic rings. The van der Waals surface area contributed by atoms with Crippen LogP contribution < -0.4 is 9.47 Å². The summed E-state index contributed by atoms with van der Waals surface area (Å²) in [5.41, 5.74) is 3.35. The van der Waals surface area contributed by atoms with Crippen LogP contribution >= 0.6 is 15.9 Å². The number of ether oxygens (including phenoxy) is 2. The summed E-state index contributed by atoms with van der Waals surface area (Å²) in [5, 5.41) is 0. The lowest BCUT2D eigenvalue weighted by Gasteiger charge is -2.10. The van der Waals surface area contributed by atoms with Gasteiger partial charge in [0.1, 0.15) is 11.5 Å². The van der Waals surface area contributed by atoms with Crippen molar-refractivity contribution < 1.29 is 19.1 Å². The lowest BCUT2D eigenvalue weighted by atomic mass is 10.1. The zero-order valence-electron chi connectivity index (χ0n) is 15.9. The third-order valence-corrected chi connectivity index (χ3v) is 5.13. The van der Waals surface area contributed by atoms with Crippen molar-refractivity contribution in [3.63, 3.8) is 0 Å². The zero-order valence-corrected chi connectivity index (χ0v) is 17.4. The van der Waals surface area contributed by atoms with Gasteiger partial charge in [0.15, 0.2) is 5.76 Å². The number of halogens is 1. The van der Waals surface area contributed by atoms with Crippen LogP contribution in [0.3, 0.4) is 0 Å². The second-order valence-corrected chi connectivity index (χ2v) is 7.73. The van der Waals surface area contributed by atoms with E-state index in [1.807, 2.05) is 43.3 Å². The Balaban J connectivity index is 1.62. The quantitative estimate of drug-likeness (QED) is 0.284. The number of esters is 1. The van der Waals surface area contributed by atoms with Crippen molar-refractivity contribution in [2.75, 3.05) is 0 Å². The summed E-state index contributed by atoms with van der Waals surface area (Å²) in [4.78, 5) is 25.2. The van der Waals surface area contributed by atoms with Crippen molar-refractivity contribution in [3.8, 4) is 11.5 Å². The molecule has 0 radical (unpaired) electrons. The van der Waals surface area contributed by atoms with Gasteiger partial charge >= 0.3 is 5.97 Å². The Hall–Kier alpha value is -3.18. The van der Waals surface area contributed by atoms with Gasteiger partial charge in [-0.05, 0) is 61.9 Å². The van der Waals surface area contributed by atoms with Gasteiger partial charge in [0.2, 0.25) is 5.78 Å². The molecule has 1 aliphatic rings. The molecule has 0 amide bonds. The molecule has 4 nitrogen and oxygen atoms in total. The van der Waals surface area contributed by atoms with E-state index < -0.39 is 5.97 Å². The molecule has 0 spiro atoms. The molecule has 5 heteroatoms. The van der Waals surface area contributed by atoms with Crippen LogP contribution in [0.15, 0.2) is 70.9 Å². The Labute approximate surface area is 176 Å². The van der Waals surface area contributed by atoms with Crippen LogP contribution in [0.1, 0.15) is 37.4 Å². The molecule has 0 unspecified atom stereocenters. The van der Waals surface area contributed by atoms with Crippen LogP contribution in [-0.4, -0.2) is 11.8 Å². The molecule has 0 bridgehead atoms. The SMILES string of the molecule is Cc1cccc(C(=O)Oc2ccc3c(c2C)O/C(=C\c2cccc(Br)c2)C3=O)c1. The molecule has 0 saturated carbocycles. The lowest BCUT2D eigenvalue weighted by molar-refractivity contribution is 0.0733. The van der Waals surface area contributed by atoms with Crippen molar-refractivity contribution in [2.24, 2.45) is 0 Å². The average Bonchev–Trinajstić information content (AvgIpc) is 3.00. The third-order valence-electron chi connectivity index (χ3n) is 4.64. The van der Waals surface area contributed by atoms with Gasteiger partial charge in [-0.15, -0.1) is 0 Å². The summed E-state index contributed by atoms with van der Waals surface area (Å²) in [5.74, 6) is 0.381. The van der Waals surface area contributed by atoms with E-state index in [4.69, 9.17) is 9.47 Å². The molecule has 0 fully saturated rings. The molecule has 4 rings (SSSR count). The molecular formula is C24H17BrO4. The number of Topliss-reactive ketones (excluding diaryl/α,β-unsaturated/α-hetero) is 1. The number of fused-ring (bicyclic) bond motifs is 1. The molecule has 0 aromatic heterocycles. The first kappa shape index (κ1) is 19.2. The van der Waals surface area contributed by atoms with Gasteiger partial charge in [0.05, 0.1) is 11.1 Å². The third kappa shape index (κ3) is 3.87. The number of allylic oxidation sites excluding steroid dienone is 1. The second-order valence-electron chi connectivity index (χ2n) is 6.82. The van der Waals surface area contributed by atoms with E-state index in [9.17, 15) is 9.59 Å². The molecule has 1 aliphatic heterocycles. The molecule has 29 heavy (non-hydrogen) atoms. The number of rotatable bonds is 3. The van der Waals surface area contributed by atoms with Crippen molar-refractivity contribution in [1.29, 1.82) is 0 Å². The number of benzene rings is 3. The Morgan fingerprint density at radius 2 is 1.83 bits per heavy atom. The van der Waals surface area contributed by atoms with Crippen LogP contribution in [0, 0.1) is 13.8 Å². The molecule has 0 N–H and O–H groups in total. The fourth-order valence-electron chi connectivity index (χ4n) is 3.16. The van der Waals surface area contributed by atoms with Crippen molar-refractivity contribution in [3.05, 3.63) is 98.7 Å². The zero-order chi connectivity index (χ0) is 20.5. The molecular weight excluding hydrogens is 432 g/mol. The summed E-state index contributed by atoms with van der Waals surface area (Å²) in [6.07, 6.45) is 1.70. The van der Waals surface area contributed by atoms with E-state index in [-0.39, 0.29) is 11.5 Å². The maximum absolute atomic E-state index is 12.7. The first-order valence-electron chi connectivity index (χ1n) is 9.04. The van der Waals surface area contributed by atoms with Gasteiger partial charge in [0.25, 0.3) is 0 Å². The molecule has 144 valence electrons. The maximum Gasteiger partial charge on any atom is 0.343 e. The number of ketones is 1. The van der Waals surface area contributed by atoms with Gasteiger partial charge in [-0.2, -0.15) is 0 Å². The first-order chi connectivity index (χ1) is 13.9. The normalized spacial score (nSPS) is 13.9. The van der Waals surface area contributed by atoms with E-state index in [0.29, 0.717) is 28.2 Å². The standard InChI is InChI=1S/C24H17BrO4/c1-14-5-3-7-17(11-14)24(27)29-20-10-9-19-22(26)21(28-23(19)15(20)2)13-16-6-4-8-18(25)12-16/h3-13H,1-2H3/b21-13-. The van der Waals surface area contributed by atoms with Gasteiger partial charge in [-0.3, -0.25) is 4.79 Å². The predicted octanol–water partition coefficient (Wildman–Crippen LogP) is 5.90. The topological polar surface area (TPSA) is 52.6 Å². The van der Waals surface area contributed by atoms with Crippen molar-refractivity contribution >= 4 is 33.8 Å². The fourth-order valence-corrected chi connectivity index (χ4v) is 3.57. The highest BCUT2D eigenvalue weighted by atomic mass is 79.9. The molecule has 0 atom stereocenters. The Kier molecular flexibility index (Phi) is 5.07. The summed E-state index contributed by atoms with van der Waals surface area (Å²) < 4.78 is 12.3. The van der Waals surface area contributed by atoms with Crippen LogP contribution in [0.2, 0.25) is 0 Å². The minimum Gasteiger partial charge on any atom is -0.452 e. The van der Waals surface area contributed by atoms with Crippen molar-refractivity contribution in [1.82, 2.24) is 0 Å². The minimum atomic E-state index is -0.453. The Bertz CT molecular complexity index is 1180. The summed E-state index contributed by atoms with van der Waals surface area (Å²) in [6, 6.07) is 18.0. The Morgan fingerprint density at radius 3 is 2.59 bits per heavy atom. The first-order valence-corrected chi connectivity index (χ1v) is 9.84. The molecule has 3 aromatic carbocycles. The molecule has 0 aliphatic carbocycles. The van der Waals surface area contributed by atoms with Crippen LogP contribution in [0.5, 0.6) is 11.5 Å². The van der Waals surface area contributed by atoms with E-state index in [1.54, 1.807) is 37.3 Å². The summed E-state index contributed by atoms with van der Waals surface area (Å²) in [6.45, 7) is 3.68. The highest BCUT2D eigenvalue weighted by molar-refractivity contribution is 9.10. The average molecular weight is 449 g/mol. The van der Waals surface area contributed by atoms with Crippen molar-refractivity contribution in [2.45, 2.75) is 13.8 Å². The van der Waals surface area contributed by atoms with E-state index in [2.05, 4.69) is 15.9 Å². The van der Waals surface area contributed by atoms with E-state index >= 15 is 0 Å². The predicted molar refractivity (Wildman–Crippen MR) is 114 cm³/mol.